The quantitative estimate of drug-likeness (QED) is 0.741. The van der Waals surface area contributed by atoms with Crippen LogP contribution in [0, 0.1) is 13.8 Å². The maximum Gasteiger partial charge on any atom is 0.340 e. The van der Waals surface area contributed by atoms with Gasteiger partial charge in [0.2, 0.25) is 0 Å². The minimum atomic E-state index is -0.392. The average molecular weight is 315 g/mol. The number of carbonyl (C=O) groups excluding carboxylic acids is 2. The third-order valence-corrected chi connectivity index (χ3v) is 3.45. The number of aromatic amines is 1. The molecule has 0 aliphatic rings. The van der Waals surface area contributed by atoms with Gasteiger partial charge in [-0.2, -0.15) is 0 Å². The highest BCUT2D eigenvalue weighted by Crippen LogP contribution is 2.22. The summed E-state index contributed by atoms with van der Waals surface area (Å²) in [4.78, 5) is 26.9. The minimum Gasteiger partial charge on any atom is -0.462 e. The largest absolute Gasteiger partial charge is 0.462 e. The predicted molar refractivity (Wildman–Crippen MR) is 88.5 cm³/mol. The van der Waals surface area contributed by atoms with Gasteiger partial charge < -0.3 is 15.0 Å². The molecule has 2 rings (SSSR count). The number of aromatic nitrogens is 1. The van der Waals surface area contributed by atoms with Crippen LogP contribution in [0.4, 0.5) is 10.6 Å². The number of hydrogen-bond donors (Lipinski definition) is 3. The molecule has 0 bridgehead atoms. The number of urea groups is 1. The van der Waals surface area contributed by atoms with Crippen LogP contribution in [0.2, 0.25) is 0 Å². The predicted octanol–water partition coefficient (Wildman–Crippen LogP) is 3.13. The second-order valence-electron chi connectivity index (χ2n) is 5.14. The van der Waals surface area contributed by atoms with Crippen LogP contribution >= 0.6 is 0 Å². The van der Waals surface area contributed by atoms with E-state index in [1.54, 1.807) is 20.8 Å². The Morgan fingerprint density at radius 3 is 2.52 bits per heavy atom. The van der Waals surface area contributed by atoms with E-state index in [1.165, 1.54) is 0 Å². The molecule has 23 heavy (non-hydrogen) atoms. The summed E-state index contributed by atoms with van der Waals surface area (Å²) in [5.74, 6) is 0.104. The number of H-pyrrole nitrogens is 1. The van der Waals surface area contributed by atoms with Crippen molar-refractivity contribution >= 4 is 17.8 Å². The van der Waals surface area contributed by atoms with Crippen molar-refractivity contribution in [2.24, 2.45) is 0 Å². The number of esters is 1. The first-order chi connectivity index (χ1) is 11.0. The molecular weight excluding hydrogens is 294 g/mol. The average Bonchev–Trinajstić information content (AvgIpc) is 2.80. The van der Waals surface area contributed by atoms with E-state index in [1.807, 2.05) is 30.3 Å². The van der Waals surface area contributed by atoms with E-state index in [2.05, 4.69) is 15.6 Å². The molecule has 0 atom stereocenters. The smallest absolute Gasteiger partial charge is 0.340 e. The van der Waals surface area contributed by atoms with Crippen molar-refractivity contribution in [3.8, 4) is 0 Å². The second kappa shape index (κ2) is 7.49. The fourth-order valence-electron chi connectivity index (χ4n) is 2.32. The van der Waals surface area contributed by atoms with Crippen molar-refractivity contribution in [2.75, 3.05) is 11.9 Å². The number of hydrogen-bond acceptors (Lipinski definition) is 3. The molecule has 0 saturated heterocycles. The number of nitrogens with one attached hydrogen (secondary N) is 3. The van der Waals surface area contributed by atoms with Gasteiger partial charge in [0.1, 0.15) is 5.82 Å². The van der Waals surface area contributed by atoms with Crippen LogP contribution in [0.5, 0.6) is 0 Å². The van der Waals surface area contributed by atoms with Crippen molar-refractivity contribution < 1.29 is 14.3 Å². The second-order valence-corrected chi connectivity index (χ2v) is 5.14. The Morgan fingerprint density at radius 1 is 1.17 bits per heavy atom. The first-order valence-corrected chi connectivity index (χ1v) is 7.48. The lowest BCUT2D eigenvalue weighted by Gasteiger charge is -2.07. The molecule has 2 aromatic rings. The molecule has 0 aliphatic heterocycles. The van der Waals surface area contributed by atoms with Gasteiger partial charge in [0.25, 0.3) is 0 Å². The Hall–Kier alpha value is -2.76. The van der Waals surface area contributed by atoms with E-state index in [-0.39, 0.29) is 6.03 Å². The monoisotopic (exact) mass is 315 g/mol. The van der Waals surface area contributed by atoms with Gasteiger partial charge in [-0.25, -0.2) is 9.59 Å². The minimum absolute atomic E-state index is 0.309. The third-order valence-electron chi connectivity index (χ3n) is 3.45. The van der Waals surface area contributed by atoms with Crippen molar-refractivity contribution in [2.45, 2.75) is 27.3 Å². The van der Waals surface area contributed by atoms with E-state index < -0.39 is 5.97 Å². The summed E-state index contributed by atoms with van der Waals surface area (Å²) in [6, 6.07) is 9.28. The highest BCUT2D eigenvalue weighted by Gasteiger charge is 2.20. The van der Waals surface area contributed by atoms with Crippen LogP contribution in [0.25, 0.3) is 0 Å². The topological polar surface area (TPSA) is 83.2 Å². The Morgan fingerprint density at radius 2 is 1.87 bits per heavy atom. The van der Waals surface area contributed by atoms with Crippen LogP contribution in [0.15, 0.2) is 30.3 Å². The van der Waals surface area contributed by atoms with Gasteiger partial charge in [-0.1, -0.05) is 30.3 Å². The van der Waals surface area contributed by atoms with E-state index in [0.717, 1.165) is 5.56 Å². The summed E-state index contributed by atoms with van der Waals surface area (Å²) in [6.45, 7) is 6.03. The summed E-state index contributed by atoms with van der Waals surface area (Å²) in [7, 11) is 0. The number of benzene rings is 1. The van der Waals surface area contributed by atoms with Crippen LogP contribution in [-0.4, -0.2) is 23.6 Å². The molecule has 6 heteroatoms. The Labute approximate surface area is 135 Å². The molecule has 6 nitrogen and oxygen atoms in total. The normalized spacial score (nSPS) is 10.2. The summed E-state index contributed by atoms with van der Waals surface area (Å²) in [5.41, 5.74) is 2.80. The van der Waals surface area contributed by atoms with Gasteiger partial charge in [-0.3, -0.25) is 5.32 Å². The molecule has 3 N–H and O–H groups in total. The summed E-state index contributed by atoms with van der Waals surface area (Å²) >= 11 is 0. The summed E-state index contributed by atoms with van der Waals surface area (Å²) in [5, 5.41) is 5.50. The van der Waals surface area contributed by atoms with Crippen LogP contribution in [0.1, 0.15) is 34.1 Å². The molecule has 0 fully saturated rings. The summed E-state index contributed by atoms with van der Waals surface area (Å²) < 4.78 is 5.03. The number of ether oxygens (including phenoxy) is 1. The molecule has 1 aromatic heterocycles. The Kier molecular flexibility index (Phi) is 5.41. The lowest BCUT2D eigenvalue weighted by Crippen LogP contribution is -2.28. The number of anilines is 1. The van der Waals surface area contributed by atoms with Crippen molar-refractivity contribution in [1.29, 1.82) is 0 Å². The maximum atomic E-state index is 12.0. The van der Waals surface area contributed by atoms with E-state index in [9.17, 15) is 9.59 Å². The zero-order valence-electron chi connectivity index (χ0n) is 13.5. The highest BCUT2D eigenvalue weighted by atomic mass is 16.5. The molecule has 0 unspecified atom stereocenters. The van der Waals surface area contributed by atoms with Gasteiger partial charge in [0, 0.05) is 17.8 Å². The number of aryl methyl sites for hydroxylation is 1. The third kappa shape index (κ3) is 4.12. The lowest BCUT2D eigenvalue weighted by molar-refractivity contribution is 0.0525. The van der Waals surface area contributed by atoms with Crippen molar-refractivity contribution in [3.63, 3.8) is 0 Å². The maximum absolute atomic E-state index is 12.0. The van der Waals surface area contributed by atoms with Gasteiger partial charge in [0.15, 0.2) is 0 Å². The van der Waals surface area contributed by atoms with Crippen molar-refractivity contribution in [1.82, 2.24) is 10.3 Å². The van der Waals surface area contributed by atoms with Gasteiger partial charge in [0.05, 0.1) is 12.2 Å². The first-order valence-electron chi connectivity index (χ1n) is 7.48. The number of amides is 2. The fraction of sp³-hybridized carbons (Fsp3) is 0.294. The number of rotatable bonds is 5. The molecular formula is C17H21N3O3. The molecule has 2 amide bonds. The zero-order valence-corrected chi connectivity index (χ0v) is 13.5. The van der Waals surface area contributed by atoms with Crippen LogP contribution in [0.3, 0.4) is 0 Å². The zero-order chi connectivity index (χ0) is 16.8. The molecule has 1 aromatic carbocycles. The first kappa shape index (κ1) is 16.6. The summed E-state index contributed by atoms with van der Waals surface area (Å²) in [6.07, 6.45) is 0. The van der Waals surface area contributed by atoms with Gasteiger partial charge >= 0.3 is 12.0 Å². The highest BCUT2D eigenvalue weighted by molar-refractivity contribution is 5.97. The Bertz CT molecular complexity index is 693. The van der Waals surface area contributed by atoms with Crippen molar-refractivity contribution in [3.05, 3.63) is 52.7 Å². The number of carbonyl (C=O) groups is 2. The van der Waals surface area contributed by atoms with Gasteiger partial charge in [-0.05, 0) is 26.3 Å². The molecule has 1 heterocycles. The molecule has 122 valence electrons. The molecule has 0 spiro atoms. The van der Waals surface area contributed by atoms with Crippen LogP contribution in [-0.2, 0) is 11.3 Å². The molecule has 0 aliphatic carbocycles. The molecule has 0 radical (unpaired) electrons. The fourth-order valence-corrected chi connectivity index (χ4v) is 2.32. The lowest BCUT2D eigenvalue weighted by atomic mass is 10.1. The van der Waals surface area contributed by atoms with Gasteiger partial charge in [-0.15, -0.1) is 0 Å². The van der Waals surface area contributed by atoms with E-state index in [4.69, 9.17) is 4.74 Å². The Balaban J connectivity index is 2.01. The molecule has 0 saturated carbocycles. The van der Waals surface area contributed by atoms with E-state index in [0.29, 0.717) is 35.8 Å². The SMILES string of the molecule is CCOC(=O)c1c(C)[nH]c(NC(=O)NCc2ccccc2)c1C. The van der Waals surface area contributed by atoms with E-state index >= 15 is 0 Å². The standard InChI is InChI=1S/C17H21N3O3/c1-4-23-16(21)14-11(2)15(19-12(14)3)20-17(22)18-10-13-8-6-5-7-9-13/h5-9,19H,4,10H2,1-3H3,(H2,18,20,22). The van der Waals surface area contributed by atoms with Crippen LogP contribution < -0.4 is 10.6 Å².